The first kappa shape index (κ1) is 21.6. The van der Waals surface area contributed by atoms with Crippen LogP contribution in [0.4, 0.5) is 30.7 Å². The molecule has 1 aromatic heterocycles. The van der Waals surface area contributed by atoms with Gasteiger partial charge < -0.3 is 5.11 Å². The molecular formula is C20H17F7N2O2. The summed E-state index contributed by atoms with van der Waals surface area (Å²) in [5, 5.41) is 12.9. The molecular weight excluding hydrogens is 433 g/mol. The van der Waals surface area contributed by atoms with E-state index in [2.05, 4.69) is 5.10 Å². The highest BCUT2D eigenvalue weighted by Crippen LogP contribution is 2.54. The number of fused-ring (bicyclic) bond motifs is 1. The summed E-state index contributed by atoms with van der Waals surface area (Å²) in [6.45, 7) is 0. The van der Waals surface area contributed by atoms with Crippen molar-refractivity contribution in [2.45, 2.75) is 62.1 Å². The van der Waals surface area contributed by atoms with Crippen molar-refractivity contribution >= 4 is 5.97 Å². The fourth-order valence-electron chi connectivity index (χ4n) is 4.62. The molecule has 1 heterocycles. The number of alkyl halides is 7. The van der Waals surface area contributed by atoms with Gasteiger partial charge in [0, 0.05) is 17.7 Å². The minimum absolute atomic E-state index is 0.0467. The molecule has 1 saturated carbocycles. The topological polar surface area (TPSA) is 55.1 Å². The zero-order chi connectivity index (χ0) is 22.7. The standard InChI is InChI=1S/C20H17F7N2O2/c21-12-6-5-9(7-13(12)22)29-14-8-19(23,24)16(15(14)17(28-29)20(25,26)27)10-3-1-2-4-11(10)18(30)31/h1-4,9,12-13,16H,5-8H2,(H,30,31)/t9-,12-,13+,16-/m0/s1. The van der Waals surface area contributed by atoms with Crippen LogP contribution >= 0.6 is 0 Å². The number of aromatic carboxylic acids is 1. The van der Waals surface area contributed by atoms with Crippen LogP contribution in [0.1, 0.15) is 64.1 Å². The Balaban J connectivity index is 1.91. The predicted molar refractivity (Wildman–Crippen MR) is 93.8 cm³/mol. The molecule has 1 aromatic carbocycles. The Hall–Kier alpha value is -2.59. The number of halogens is 7. The molecule has 0 radical (unpaired) electrons. The normalized spacial score (nSPS) is 27.8. The van der Waals surface area contributed by atoms with E-state index in [0.717, 1.165) is 16.8 Å². The van der Waals surface area contributed by atoms with E-state index in [1.54, 1.807) is 0 Å². The Kier molecular flexibility index (Phi) is 5.05. The Labute approximate surface area is 171 Å². The SMILES string of the molecule is O=C(O)c1ccccc1[C@H]1c2c(C(F)(F)F)nn([C@H]3CC[C@H](F)[C@H](F)C3)c2CC1(F)F. The molecule has 0 saturated heterocycles. The van der Waals surface area contributed by atoms with Gasteiger partial charge in [0.25, 0.3) is 5.92 Å². The summed E-state index contributed by atoms with van der Waals surface area (Å²) in [7, 11) is 0. The third-order valence-electron chi connectivity index (χ3n) is 5.95. The minimum Gasteiger partial charge on any atom is -0.478 e. The quantitative estimate of drug-likeness (QED) is 0.644. The van der Waals surface area contributed by atoms with E-state index in [-0.39, 0.29) is 12.8 Å². The van der Waals surface area contributed by atoms with Crippen molar-refractivity contribution in [2.75, 3.05) is 0 Å². The highest BCUT2D eigenvalue weighted by Gasteiger charge is 2.57. The number of carbonyl (C=O) groups is 1. The molecule has 4 rings (SSSR count). The van der Waals surface area contributed by atoms with Crippen LogP contribution in [-0.4, -0.2) is 39.1 Å². The number of carboxylic acids is 1. The smallest absolute Gasteiger partial charge is 0.435 e. The fraction of sp³-hybridized carbons (Fsp3) is 0.500. The van der Waals surface area contributed by atoms with Gasteiger partial charge in [0.15, 0.2) is 5.69 Å². The molecule has 0 spiro atoms. The third kappa shape index (κ3) is 3.57. The summed E-state index contributed by atoms with van der Waals surface area (Å²) in [5.41, 5.74) is -3.77. The van der Waals surface area contributed by atoms with Crippen LogP contribution in [-0.2, 0) is 12.6 Å². The third-order valence-corrected chi connectivity index (χ3v) is 5.95. The molecule has 31 heavy (non-hydrogen) atoms. The largest absolute Gasteiger partial charge is 0.478 e. The molecule has 2 aliphatic carbocycles. The molecule has 0 bridgehead atoms. The second-order valence-electron chi connectivity index (χ2n) is 7.91. The number of nitrogens with zero attached hydrogens (tertiary/aromatic N) is 2. The number of hydrogen-bond donors (Lipinski definition) is 1. The fourth-order valence-corrected chi connectivity index (χ4v) is 4.62. The van der Waals surface area contributed by atoms with Gasteiger partial charge in [-0.15, -0.1) is 0 Å². The maximum absolute atomic E-state index is 15.1. The van der Waals surface area contributed by atoms with Crippen molar-refractivity contribution in [3.05, 3.63) is 52.3 Å². The summed E-state index contributed by atoms with van der Waals surface area (Å²) >= 11 is 0. The van der Waals surface area contributed by atoms with Crippen molar-refractivity contribution in [3.63, 3.8) is 0 Å². The van der Waals surface area contributed by atoms with Crippen LogP contribution in [0.3, 0.4) is 0 Å². The predicted octanol–water partition coefficient (Wildman–Crippen LogP) is 5.32. The summed E-state index contributed by atoms with van der Waals surface area (Å²) in [6, 6.07) is 3.64. The van der Waals surface area contributed by atoms with Gasteiger partial charge in [0.2, 0.25) is 0 Å². The van der Waals surface area contributed by atoms with Gasteiger partial charge in [-0.05, 0) is 24.5 Å². The van der Waals surface area contributed by atoms with E-state index in [9.17, 15) is 31.9 Å². The number of aromatic nitrogens is 2. The van der Waals surface area contributed by atoms with Crippen LogP contribution < -0.4 is 0 Å². The average Bonchev–Trinajstić information content (AvgIpc) is 3.15. The maximum atomic E-state index is 15.1. The Morgan fingerprint density at radius 2 is 1.81 bits per heavy atom. The summed E-state index contributed by atoms with van der Waals surface area (Å²) in [4.78, 5) is 11.5. The number of benzene rings is 1. The lowest BCUT2D eigenvalue weighted by Gasteiger charge is -2.28. The number of rotatable bonds is 3. The van der Waals surface area contributed by atoms with E-state index in [0.29, 0.717) is 0 Å². The molecule has 1 fully saturated rings. The molecule has 11 heteroatoms. The van der Waals surface area contributed by atoms with Crippen molar-refractivity contribution in [1.29, 1.82) is 0 Å². The van der Waals surface area contributed by atoms with E-state index < -0.39 is 83.3 Å². The lowest BCUT2D eigenvalue weighted by Crippen LogP contribution is -2.31. The summed E-state index contributed by atoms with van der Waals surface area (Å²) < 4.78 is 99.7. The maximum Gasteiger partial charge on any atom is 0.435 e. The highest BCUT2D eigenvalue weighted by molar-refractivity contribution is 5.90. The minimum atomic E-state index is -5.10. The van der Waals surface area contributed by atoms with Crippen molar-refractivity contribution in [1.82, 2.24) is 9.78 Å². The zero-order valence-corrected chi connectivity index (χ0v) is 15.8. The first-order valence-electron chi connectivity index (χ1n) is 9.58. The number of carboxylic acid groups (broad SMARTS) is 1. The van der Waals surface area contributed by atoms with Crippen molar-refractivity contribution in [3.8, 4) is 0 Å². The van der Waals surface area contributed by atoms with Gasteiger partial charge in [-0.25, -0.2) is 22.4 Å². The van der Waals surface area contributed by atoms with Crippen molar-refractivity contribution in [2.24, 2.45) is 0 Å². The zero-order valence-electron chi connectivity index (χ0n) is 15.8. The molecule has 2 aliphatic rings. The van der Waals surface area contributed by atoms with Gasteiger partial charge in [0.1, 0.15) is 12.3 Å². The molecule has 0 unspecified atom stereocenters. The first-order chi connectivity index (χ1) is 14.4. The van der Waals surface area contributed by atoms with Gasteiger partial charge in [0.05, 0.1) is 23.9 Å². The average molecular weight is 450 g/mol. The van der Waals surface area contributed by atoms with Crippen LogP contribution in [0.5, 0.6) is 0 Å². The second kappa shape index (κ2) is 7.23. The first-order valence-corrected chi connectivity index (χ1v) is 9.58. The van der Waals surface area contributed by atoms with E-state index >= 15 is 8.78 Å². The Bertz CT molecular complexity index is 1020. The number of hydrogen-bond acceptors (Lipinski definition) is 2. The lowest BCUT2D eigenvalue weighted by atomic mass is 9.87. The van der Waals surface area contributed by atoms with Crippen LogP contribution in [0.15, 0.2) is 24.3 Å². The van der Waals surface area contributed by atoms with Crippen LogP contribution in [0.25, 0.3) is 0 Å². The van der Waals surface area contributed by atoms with Crippen molar-refractivity contribution < 1.29 is 40.6 Å². The molecule has 0 aliphatic heterocycles. The van der Waals surface area contributed by atoms with Gasteiger partial charge in [-0.1, -0.05) is 18.2 Å². The van der Waals surface area contributed by atoms with E-state index in [1.165, 1.54) is 12.1 Å². The monoisotopic (exact) mass is 450 g/mol. The Morgan fingerprint density at radius 1 is 1.13 bits per heavy atom. The molecule has 1 N–H and O–H groups in total. The molecule has 4 atom stereocenters. The molecule has 2 aromatic rings. The van der Waals surface area contributed by atoms with E-state index in [4.69, 9.17) is 0 Å². The van der Waals surface area contributed by atoms with E-state index in [1.807, 2.05) is 0 Å². The van der Waals surface area contributed by atoms with Crippen LogP contribution in [0.2, 0.25) is 0 Å². The van der Waals surface area contributed by atoms with Gasteiger partial charge in [-0.3, -0.25) is 4.68 Å². The Morgan fingerprint density at radius 3 is 2.42 bits per heavy atom. The molecule has 0 amide bonds. The summed E-state index contributed by atoms with van der Waals surface area (Å²) in [6.07, 6.45) is -10.7. The van der Waals surface area contributed by atoms with Gasteiger partial charge >= 0.3 is 12.1 Å². The highest BCUT2D eigenvalue weighted by atomic mass is 19.4. The van der Waals surface area contributed by atoms with Crippen LogP contribution in [0, 0.1) is 0 Å². The second-order valence-corrected chi connectivity index (χ2v) is 7.91. The summed E-state index contributed by atoms with van der Waals surface area (Å²) in [5.74, 6) is -7.46. The molecule has 168 valence electrons. The van der Waals surface area contributed by atoms with Gasteiger partial charge in [-0.2, -0.15) is 18.3 Å². The lowest BCUT2D eigenvalue weighted by molar-refractivity contribution is -0.142. The molecule has 4 nitrogen and oxygen atoms in total.